The molecule has 4 heterocycles. The minimum atomic E-state index is -0.0570. The fourth-order valence-electron chi connectivity index (χ4n) is 3.62. The molecule has 0 aliphatic carbocycles. The Morgan fingerprint density at radius 3 is 2.89 bits per heavy atom. The van der Waals surface area contributed by atoms with Gasteiger partial charge < -0.3 is 10.2 Å². The predicted molar refractivity (Wildman–Crippen MR) is 113 cm³/mol. The van der Waals surface area contributed by atoms with Crippen LogP contribution in [-0.4, -0.2) is 38.8 Å². The summed E-state index contributed by atoms with van der Waals surface area (Å²) < 4.78 is 0.873. The van der Waals surface area contributed by atoms with Crippen molar-refractivity contribution in [3.63, 3.8) is 0 Å². The number of amides is 1. The van der Waals surface area contributed by atoms with Gasteiger partial charge in [0.1, 0.15) is 0 Å². The van der Waals surface area contributed by atoms with Gasteiger partial charge in [-0.05, 0) is 49.3 Å². The van der Waals surface area contributed by atoms with Gasteiger partial charge in [0.25, 0.3) is 5.91 Å². The van der Waals surface area contributed by atoms with Crippen LogP contribution in [-0.2, 0) is 0 Å². The molecule has 0 bridgehead atoms. The average molecular weight is 396 g/mol. The quantitative estimate of drug-likeness (QED) is 0.668. The van der Waals surface area contributed by atoms with Gasteiger partial charge in [-0.3, -0.25) is 9.78 Å². The third kappa shape index (κ3) is 3.58. The summed E-state index contributed by atoms with van der Waals surface area (Å²) in [6.45, 7) is 7.88. The number of pyridine rings is 1. The molecule has 3 aromatic rings. The van der Waals surface area contributed by atoms with E-state index in [4.69, 9.17) is 0 Å². The maximum absolute atomic E-state index is 13.1. The Balaban J connectivity index is 1.62. The van der Waals surface area contributed by atoms with E-state index in [0.717, 1.165) is 41.0 Å². The van der Waals surface area contributed by atoms with E-state index in [2.05, 4.69) is 27.2 Å². The highest BCUT2D eigenvalue weighted by Crippen LogP contribution is 2.31. The molecule has 1 amide bonds. The lowest BCUT2D eigenvalue weighted by molar-refractivity contribution is 0.0480. The van der Waals surface area contributed by atoms with E-state index in [9.17, 15) is 4.79 Å². The standard InChI is InChI=1S/C21H25N5OS/c1-4-7-15-10-26(11-15)20(27)18-19-17(13(2)12-28-19)24-21(25-18)23-14(3)16-8-5-6-9-22-16/h5-6,8-9,12,14-15H,4,7,10-11H2,1-3H3,(H,23,24,25). The van der Waals surface area contributed by atoms with Gasteiger partial charge in [0, 0.05) is 19.3 Å². The minimum Gasteiger partial charge on any atom is -0.346 e. The molecule has 1 aliphatic rings. The summed E-state index contributed by atoms with van der Waals surface area (Å²) in [7, 11) is 0. The Kier molecular flexibility index (Phi) is 5.26. The summed E-state index contributed by atoms with van der Waals surface area (Å²) >= 11 is 1.54. The van der Waals surface area contributed by atoms with Crippen molar-refractivity contribution in [2.75, 3.05) is 18.4 Å². The Morgan fingerprint density at radius 1 is 1.36 bits per heavy atom. The summed E-state index contributed by atoms with van der Waals surface area (Å²) in [5, 5.41) is 5.36. The molecule has 1 unspecified atom stereocenters. The predicted octanol–water partition coefficient (Wildman–Crippen LogP) is 4.44. The molecule has 1 fully saturated rings. The Morgan fingerprint density at radius 2 is 2.18 bits per heavy atom. The number of likely N-dealkylation sites (tertiary alicyclic amines) is 1. The van der Waals surface area contributed by atoms with Crippen molar-refractivity contribution < 1.29 is 4.79 Å². The number of aromatic nitrogens is 3. The molecule has 0 saturated carbocycles. The average Bonchev–Trinajstić information content (AvgIpc) is 3.05. The van der Waals surface area contributed by atoms with Crippen molar-refractivity contribution in [3.8, 4) is 0 Å². The van der Waals surface area contributed by atoms with Crippen LogP contribution in [0.25, 0.3) is 10.2 Å². The molecule has 4 rings (SSSR count). The summed E-state index contributed by atoms with van der Waals surface area (Å²) in [6.07, 6.45) is 4.11. The van der Waals surface area contributed by atoms with Crippen LogP contribution in [0, 0.1) is 12.8 Å². The Labute approximate surface area is 169 Å². The molecule has 1 atom stereocenters. The molecule has 6 nitrogen and oxygen atoms in total. The van der Waals surface area contributed by atoms with Crippen molar-refractivity contribution in [1.29, 1.82) is 0 Å². The number of fused-ring (bicyclic) bond motifs is 1. The maximum atomic E-state index is 13.1. The van der Waals surface area contributed by atoms with Crippen LogP contribution in [0.2, 0.25) is 0 Å². The highest BCUT2D eigenvalue weighted by Gasteiger charge is 2.32. The van der Waals surface area contributed by atoms with E-state index in [0.29, 0.717) is 17.6 Å². The van der Waals surface area contributed by atoms with Crippen LogP contribution >= 0.6 is 11.3 Å². The van der Waals surface area contributed by atoms with E-state index in [1.807, 2.05) is 42.3 Å². The molecular weight excluding hydrogens is 370 g/mol. The number of carbonyl (C=O) groups excluding carboxylic acids is 1. The van der Waals surface area contributed by atoms with Crippen LogP contribution < -0.4 is 5.32 Å². The molecule has 0 spiro atoms. The van der Waals surface area contributed by atoms with Crippen LogP contribution in [0.3, 0.4) is 0 Å². The van der Waals surface area contributed by atoms with Crippen LogP contribution in [0.15, 0.2) is 29.8 Å². The van der Waals surface area contributed by atoms with Gasteiger partial charge in [-0.1, -0.05) is 19.4 Å². The number of aryl methyl sites for hydroxylation is 1. The number of hydrogen-bond acceptors (Lipinski definition) is 6. The lowest BCUT2D eigenvalue weighted by Gasteiger charge is -2.39. The fourth-order valence-corrected chi connectivity index (χ4v) is 4.59. The highest BCUT2D eigenvalue weighted by atomic mass is 32.1. The zero-order valence-electron chi connectivity index (χ0n) is 16.5. The second-order valence-corrected chi connectivity index (χ2v) is 8.36. The van der Waals surface area contributed by atoms with Gasteiger partial charge in [0.2, 0.25) is 5.95 Å². The zero-order valence-corrected chi connectivity index (χ0v) is 17.3. The van der Waals surface area contributed by atoms with E-state index in [1.54, 1.807) is 17.5 Å². The van der Waals surface area contributed by atoms with Crippen molar-refractivity contribution in [1.82, 2.24) is 19.9 Å². The fraction of sp³-hybridized carbons (Fsp3) is 0.429. The summed E-state index contributed by atoms with van der Waals surface area (Å²) in [5.41, 5.74) is 3.34. The number of nitrogens with zero attached hydrogens (tertiary/aromatic N) is 4. The largest absolute Gasteiger partial charge is 0.346 e. The van der Waals surface area contributed by atoms with Crippen LogP contribution in [0.1, 0.15) is 54.5 Å². The number of anilines is 1. The Bertz CT molecular complexity index is 981. The van der Waals surface area contributed by atoms with E-state index < -0.39 is 0 Å². The first kappa shape index (κ1) is 18.8. The molecule has 1 N–H and O–H groups in total. The molecule has 7 heteroatoms. The van der Waals surface area contributed by atoms with Crippen LogP contribution in [0.4, 0.5) is 5.95 Å². The van der Waals surface area contributed by atoms with Crippen molar-refractivity contribution in [2.24, 2.45) is 5.92 Å². The van der Waals surface area contributed by atoms with Crippen LogP contribution in [0.5, 0.6) is 0 Å². The van der Waals surface area contributed by atoms with Crippen molar-refractivity contribution >= 4 is 33.4 Å². The number of nitrogens with one attached hydrogen (secondary N) is 1. The molecule has 1 aliphatic heterocycles. The smallest absolute Gasteiger partial charge is 0.274 e. The Hall–Kier alpha value is -2.54. The lowest BCUT2D eigenvalue weighted by atomic mass is 9.95. The van der Waals surface area contributed by atoms with Gasteiger partial charge in [-0.2, -0.15) is 0 Å². The molecule has 3 aromatic heterocycles. The summed E-state index contributed by atoms with van der Waals surface area (Å²) in [4.78, 5) is 28.7. The lowest BCUT2D eigenvalue weighted by Crippen LogP contribution is -2.50. The number of hydrogen-bond donors (Lipinski definition) is 1. The van der Waals surface area contributed by atoms with E-state index in [-0.39, 0.29) is 11.9 Å². The van der Waals surface area contributed by atoms with Gasteiger partial charge >= 0.3 is 0 Å². The summed E-state index contributed by atoms with van der Waals surface area (Å²) in [6, 6.07) is 5.76. The molecule has 1 saturated heterocycles. The topological polar surface area (TPSA) is 71.0 Å². The van der Waals surface area contributed by atoms with E-state index >= 15 is 0 Å². The second kappa shape index (κ2) is 7.83. The molecule has 28 heavy (non-hydrogen) atoms. The van der Waals surface area contributed by atoms with Gasteiger partial charge in [-0.15, -0.1) is 11.3 Å². The van der Waals surface area contributed by atoms with Crippen molar-refractivity contribution in [3.05, 3.63) is 46.7 Å². The molecule has 146 valence electrons. The normalized spacial score (nSPS) is 15.5. The SMILES string of the molecule is CCCC1CN(C(=O)c2nc(NC(C)c3ccccn3)nc3c(C)csc23)C1. The molecule has 0 radical (unpaired) electrons. The molecular formula is C21H25N5OS. The van der Waals surface area contributed by atoms with E-state index in [1.165, 1.54) is 6.42 Å². The third-order valence-electron chi connectivity index (χ3n) is 5.21. The van der Waals surface area contributed by atoms with Gasteiger partial charge in [0.05, 0.1) is 22.0 Å². The molecule has 0 aromatic carbocycles. The first-order valence-corrected chi connectivity index (χ1v) is 10.7. The first-order valence-electron chi connectivity index (χ1n) is 9.79. The number of thiophene rings is 1. The number of rotatable bonds is 6. The highest BCUT2D eigenvalue weighted by molar-refractivity contribution is 7.17. The monoisotopic (exact) mass is 395 g/mol. The maximum Gasteiger partial charge on any atom is 0.274 e. The number of carbonyl (C=O) groups is 1. The minimum absolute atomic E-state index is 0.00939. The second-order valence-electron chi connectivity index (χ2n) is 7.48. The van der Waals surface area contributed by atoms with Crippen molar-refractivity contribution in [2.45, 2.75) is 39.7 Å². The summed E-state index contributed by atoms with van der Waals surface area (Å²) in [5.74, 6) is 1.11. The first-order chi connectivity index (χ1) is 13.6. The zero-order chi connectivity index (χ0) is 19.7. The van der Waals surface area contributed by atoms with Gasteiger partial charge in [0.15, 0.2) is 5.69 Å². The van der Waals surface area contributed by atoms with Gasteiger partial charge in [-0.25, -0.2) is 9.97 Å². The third-order valence-corrected chi connectivity index (χ3v) is 6.31.